The maximum atomic E-state index is 12.8. The Bertz CT molecular complexity index is 969. The van der Waals surface area contributed by atoms with E-state index in [-0.39, 0.29) is 24.8 Å². The van der Waals surface area contributed by atoms with Crippen molar-refractivity contribution in [1.29, 1.82) is 0 Å². The van der Waals surface area contributed by atoms with Gasteiger partial charge in [0.25, 0.3) is 0 Å². The summed E-state index contributed by atoms with van der Waals surface area (Å²) in [5.41, 5.74) is 8.68. The average molecular weight is 471 g/mol. The van der Waals surface area contributed by atoms with Crippen LogP contribution in [0.25, 0.3) is 11.1 Å². The lowest BCUT2D eigenvalue weighted by Crippen LogP contribution is -2.49. The molecule has 2 aromatic rings. The van der Waals surface area contributed by atoms with E-state index in [2.05, 4.69) is 21.5 Å². The number of carbonyl (C=O) groups is 3. The fraction of sp³-hybridized carbons (Fsp3) is 0.375. The molecule has 1 aliphatic heterocycles. The van der Waals surface area contributed by atoms with Gasteiger partial charge in [-0.3, -0.25) is 9.59 Å². The first-order valence-electron chi connectivity index (χ1n) is 11.0. The molecule has 0 aromatic heterocycles. The van der Waals surface area contributed by atoms with Gasteiger partial charge in [0.15, 0.2) is 6.10 Å². The zero-order valence-corrected chi connectivity index (χ0v) is 18.9. The molecule has 0 radical (unpaired) electrons. The number of benzene rings is 2. The maximum absolute atomic E-state index is 12.8. The number of hydrogen-bond donors (Lipinski definition) is 6. The van der Waals surface area contributed by atoms with Gasteiger partial charge in [-0.2, -0.15) is 0 Å². The second-order valence-electron chi connectivity index (χ2n) is 8.19. The third-order valence-corrected chi connectivity index (χ3v) is 5.51. The van der Waals surface area contributed by atoms with E-state index >= 15 is 0 Å². The monoisotopic (exact) mass is 470 g/mol. The number of aliphatic hydroxyl groups is 1. The van der Waals surface area contributed by atoms with Gasteiger partial charge in [0.1, 0.15) is 12.6 Å². The molecule has 3 rings (SSSR count). The highest BCUT2D eigenvalue weighted by Crippen LogP contribution is 2.20. The lowest BCUT2D eigenvalue weighted by atomic mass is 9.97. The van der Waals surface area contributed by atoms with Gasteiger partial charge >= 0.3 is 5.97 Å². The summed E-state index contributed by atoms with van der Waals surface area (Å²) >= 11 is 0. The molecule has 1 aliphatic rings. The van der Waals surface area contributed by atoms with E-state index in [4.69, 9.17) is 9.84 Å². The molecule has 6 N–H and O–H groups in total. The molecule has 1 fully saturated rings. The normalized spacial score (nSPS) is 19.2. The van der Waals surface area contributed by atoms with Gasteiger partial charge in [-0.25, -0.2) is 15.6 Å². The number of aliphatic hydroxyl groups excluding tert-OH is 1. The molecule has 182 valence electrons. The number of hydrogen-bond acceptors (Lipinski definition) is 7. The number of hydrazine groups is 1. The Kier molecular flexibility index (Phi) is 9.11. The molecule has 34 heavy (non-hydrogen) atoms. The molecule has 3 unspecified atom stereocenters. The Morgan fingerprint density at radius 2 is 1.74 bits per heavy atom. The highest BCUT2D eigenvalue weighted by atomic mass is 16.5. The third kappa shape index (κ3) is 7.35. The fourth-order valence-electron chi connectivity index (χ4n) is 3.80. The molecular formula is C24H30N4O6. The Balaban J connectivity index is 1.62. The van der Waals surface area contributed by atoms with E-state index in [0.717, 1.165) is 16.7 Å². The van der Waals surface area contributed by atoms with E-state index in [1.165, 1.54) is 7.11 Å². The Morgan fingerprint density at radius 3 is 2.38 bits per heavy atom. The van der Waals surface area contributed by atoms with Crippen molar-refractivity contribution in [3.8, 4) is 11.1 Å². The van der Waals surface area contributed by atoms with Crippen molar-refractivity contribution in [2.24, 2.45) is 0 Å². The zero-order valence-electron chi connectivity index (χ0n) is 18.9. The van der Waals surface area contributed by atoms with Crippen molar-refractivity contribution in [2.45, 2.75) is 43.6 Å². The van der Waals surface area contributed by atoms with Crippen molar-refractivity contribution in [2.75, 3.05) is 13.7 Å². The predicted octanol–water partition coefficient (Wildman–Crippen LogP) is 0.172. The first-order valence-corrected chi connectivity index (χ1v) is 11.0. The van der Waals surface area contributed by atoms with Crippen LogP contribution in [0, 0.1) is 0 Å². The van der Waals surface area contributed by atoms with Crippen LogP contribution in [0.5, 0.6) is 0 Å². The quantitative estimate of drug-likeness (QED) is 0.272. The topological polar surface area (TPSA) is 149 Å². The maximum Gasteiger partial charge on any atom is 0.332 e. The van der Waals surface area contributed by atoms with Crippen molar-refractivity contribution in [3.05, 3.63) is 60.2 Å². The molecule has 10 nitrogen and oxygen atoms in total. The molecule has 0 saturated carbocycles. The number of rotatable bonds is 11. The van der Waals surface area contributed by atoms with Gasteiger partial charge in [0, 0.05) is 26.0 Å². The Labute approximate surface area is 197 Å². The number of carbonyl (C=O) groups excluding carboxylic acids is 2. The molecule has 2 amide bonds. The van der Waals surface area contributed by atoms with Crippen LogP contribution in [-0.4, -0.2) is 66.1 Å². The standard InChI is InChI=1S/C24H30N4O6/c1-34-14-22(30)26-21-13-19(27-28-21)23(31)25-18(12-20(29)24(32)33)11-15-7-9-17(10-8-15)16-5-3-2-4-6-16/h2-10,18-21,27-29H,11-14H2,1H3,(H,25,31)(H,26,30)(H,32,33)/t18?,19?,20-,21?/m1/s1. The SMILES string of the molecule is COCC(=O)NC1CC(C(=O)NC(Cc2ccc(-c3ccccc3)cc2)C[C@@H](O)C(=O)O)NN1. The minimum Gasteiger partial charge on any atom is -0.479 e. The summed E-state index contributed by atoms with van der Waals surface area (Å²) in [5.74, 6) is -2.02. The van der Waals surface area contributed by atoms with Crippen LogP contribution in [0.1, 0.15) is 18.4 Å². The first kappa shape index (κ1) is 25.3. The lowest BCUT2D eigenvalue weighted by Gasteiger charge is -2.22. The van der Waals surface area contributed by atoms with Gasteiger partial charge < -0.3 is 25.6 Å². The van der Waals surface area contributed by atoms with E-state index in [9.17, 15) is 19.5 Å². The summed E-state index contributed by atoms with van der Waals surface area (Å²) in [4.78, 5) is 35.7. The number of carboxylic acids is 1. The number of carboxylic acid groups (broad SMARTS) is 1. The summed E-state index contributed by atoms with van der Waals surface area (Å²) in [5, 5.41) is 24.6. The summed E-state index contributed by atoms with van der Waals surface area (Å²) in [6, 6.07) is 16.4. The van der Waals surface area contributed by atoms with Gasteiger partial charge in [0.05, 0.1) is 6.17 Å². The number of ether oxygens (including phenoxy) is 1. The Morgan fingerprint density at radius 1 is 1.06 bits per heavy atom. The molecule has 0 spiro atoms. The van der Waals surface area contributed by atoms with Gasteiger partial charge in [-0.1, -0.05) is 54.6 Å². The number of methoxy groups -OCH3 is 1. The first-order chi connectivity index (χ1) is 16.4. The number of nitrogens with one attached hydrogen (secondary N) is 4. The van der Waals surface area contributed by atoms with Crippen molar-refractivity contribution >= 4 is 17.8 Å². The van der Waals surface area contributed by atoms with Crippen LogP contribution in [-0.2, 0) is 25.5 Å². The van der Waals surface area contributed by atoms with Crippen LogP contribution in [0.15, 0.2) is 54.6 Å². The van der Waals surface area contributed by atoms with Crippen LogP contribution in [0.4, 0.5) is 0 Å². The van der Waals surface area contributed by atoms with Crippen LogP contribution >= 0.6 is 0 Å². The predicted molar refractivity (Wildman–Crippen MR) is 124 cm³/mol. The summed E-state index contributed by atoms with van der Waals surface area (Å²) < 4.78 is 4.77. The van der Waals surface area contributed by atoms with E-state index in [1.807, 2.05) is 54.6 Å². The zero-order chi connectivity index (χ0) is 24.5. The molecule has 2 aromatic carbocycles. The van der Waals surface area contributed by atoms with Crippen LogP contribution in [0.2, 0.25) is 0 Å². The van der Waals surface area contributed by atoms with Crippen molar-refractivity contribution in [3.63, 3.8) is 0 Å². The van der Waals surface area contributed by atoms with E-state index in [0.29, 0.717) is 12.8 Å². The Hall–Kier alpha value is -3.31. The summed E-state index contributed by atoms with van der Waals surface area (Å²) in [6.45, 7) is -0.0900. The second-order valence-corrected chi connectivity index (χ2v) is 8.19. The minimum atomic E-state index is -1.61. The molecule has 0 aliphatic carbocycles. The molecule has 1 heterocycles. The highest BCUT2D eigenvalue weighted by molar-refractivity contribution is 5.83. The smallest absolute Gasteiger partial charge is 0.332 e. The number of aliphatic carboxylic acids is 1. The molecule has 10 heteroatoms. The van der Waals surface area contributed by atoms with Gasteiger partial charge in [0.2, 0.25) is 11.8 Å². The number of amides is 2. The lowest BCUT2D eigenvalue weighted by molar-refractivity contribution is -0.147. The summed E-state index contributed by atoms with van der Waals surface area (Å²) in [6.07, 6.45) is -1.56. The molecule has 1 saturated heterocycles. The average Bonchev–Trinajstić information content (AvgIpc) is 3.28. The van der Waals surface area contributed by atoms with E-state index < -0.39 is 30.3 Å². The van der Waals surface area contributed by atoms with Gasteiger partial charge in [-0.05, 0) is 23.1 Å². The highest BCUT2D eigenvalue weighted by Gasteiger charge is 2.32. The summed E-state index contributed by atoms with van der Waals surface area (Å²) in [7, 11) is 1.41. The largest absolute Gasteiger partial charge is 0.479 e. The third-order valence-electron chi connectivity index (χ3n) is 5.51. The second kappa shape index (κ2) is 12.2. The van der Waals surface area contributed by atoms with Crippen molar-refractivity contribution < 1.29 is 29.3 Å². The molecular weight excluding hydrogens is 440 g/mol. The molecule has 0 bridgehead atoms. The van der Waals surface area contributed by atoms with Gasteiger partial charge in [-0.15, -0.1) is 0 Å². The molecule has 4 atom stereocenters. The van der Waals surface area contributed by atoms with Crippen molar-refractivity contribution in [1.82, 2.24) is 21.5 Å². The van der Waals surface area contributed by atoms with Crippen LogP contribution < -0.4 is 21.5 Å². The van der Waals surface area contributed by atoms with E-state index in [1.54, 1.807) is 0 Å². The van der Waals surface area contributed by atoms with Crippen LogP contribution in [0.3, 0.4) is 0 Å². The fourth-order valence-corrected chi connectivity index (χ4v) is 3.80. The minimum absolute atomic E-state index is 0.0900.